The highest BCUT2D eigenvalue weighted by Gasteiger charge is 2.26. The largest absolute Gasteiger partial charge is 0.481 e. The van der Waals surface area contributed by atoms with Gasteiger partial charge in [0.2, 0.25) is 0 Å². The fourth-order valence-corrected chi connectivity index (χ4v) is 4.04. The van der Waals surface area contributed by atoms with Crippen molar-refractivity contribution in [3.8, 4) is 0 Å². The lowest BCUT2D eigenvalue weighted by Crippen LogP contribution is -2.18. The summed E-state index contributed by atoms with van der Waals surface area (Å²) in [5.74, 6) is -0.899. The molecule has 0 spiro atoms. The molecule has 0 aliphatic carbocycles. The summed E-state index contributed by atoms with van der Waals surface area (Å²) >= 11 is 7.59. The number of carboxylic acid groups (broad SMARTS) is 1. The first-order chi connectivity index (χ1) is 11.9. The molecule has 3 rings (SSSR count). The second-order valence-corrected chi connectivity index (χ2v) is 7.28. The minimum Gasteiger partial charge on any atom is -0.481 e. The number of anilines is 1. The predicted octanol–water partition coefficient (Wildman–Crippen LogP) is 4.51. The standard InChI is InChI=1S/C19H16ClNO3S/c1-12(22)7-18-21(11-14-3-2-4-15(20)8-14)16-9-13(10-19(23)24)5-6-17(16)25-18/h2-9H,10-11H2,1H3,(H,23,24). The van der Waals surface area contributed by atoms with E-state index >= 15 is 0 Å². The molecule has 25 heavy (non-hydrogen) atoms. The number of fused-ring (bicyclic) bond motifs is 1. The highest BCUT2D eigenvalue weighted by molar-refractivity contribution is 8.03. The third-order valence-electron chi connectivity index (χ3n) is 3.71. The molecule has 0 radical (unpaired) electrons. The van der Waals surface area contributed by atoms with Gasteiger partial charge in [-0.1, -0.05) is 41.6 Å². The van der Waals surface area contributed by atoms with E-state index in [0.29, 0.717) is 11.6 Å². The van der Waals surface area contributed by atoms with Crippen LogP contribution in [0.1, 0.15) is 18.1 Å². The number of allylic oxidation sites excluding steroid dienone is 1. The normalized spacial score (nSPS) is 14.6. The number of carbonyl (C=O) groups is 2. The van der Waals surface area contributed by atoms with Gasteiger partial charge >= 0.3 is 5.97 Å². The monoisotopic (exact) mass is 373 g/mol. The third-order valence-corrected chi connectivity index (χ3v) is 5.05. The first-order valence-electron chi connectivity index (χ1n) is 7.69. The highest BCUT2D eigenvalue weighted by Crippen LogP contribution is 2.47. The predicted molar refractivity (Wildman–Crippen MR) is 100 cm³/mol. The summed E-state index contributed by atoms with van der Waals surface area (Å²) in [6.45, 7) is 2.07. The molecule has 0 atom stereocenters. The van der Waals surface area contributed by atoms with Crippen molar-refractivity contribution < 1.29 is 14.7 Å². The lowest BCUT2D eigenvalue weighted by molar-refractivity contribution is -0.136. The average Bonchev–Trinajstić information content (AvgIpc) is 2.83. The van der Waals surface area contributed by atoms with Crippen LogP contribution in [0, 0.1) is 0 Å². The Balaban J connectivity index is 1.99. The summed E-state index contributed by atoms with van der Waals surface area (Å²) in [4.78, 5) is 25.6. The van der Waals surface area contributed by atoms with Gasteiger partial charge in [0, 0.05) is 22.5 Å². The molecule has 1 aliphatic rings. The van der Waals surface area contributed by atoms with Crippen LogP contribution >= 0.6 is 23.4 Å². The van der Waals surface area contributed by atoms with Gasteiger partial charge in [-0.3, -0.25) is 9.59 Å². The van der Waals surface area contributed by atoms with Crippen LogP contribution in [0.5, 0.6) is 0 Å². The van der Waals surface area contributed by atoms with E-state index in [4.69, 9.17) is 16.7 Å². The van der Waals surface area contributed by atoms with Gasteiger partial charge in [0.15, 0.2) is 5.78 Å². The lowest BCUT2D eigenvalue weighted by atomic mass is 10.1. The number of thioether (sulfide) groups is 1. The Bertz CT molecular complexity index is 879. The second kappa shape index (κ2) is 7.33. The lowest BCUT2D eigenvalue weighted by Gasteiger charge is -2.21. The summed E-state index contributed by atoms with van der Waals surface area (Å²) in [6, 6.07) is 13.2. The molecule has 0 amide bonds. The molecule has 0 bridgehead atoms. The van der Waals surface area contributed by atoms with E-state index in [1.165, 1.54) is 18.7 Å². The number of benzene rings is 2. The van der Waals surface area contributed by atoms with Gasteiger partial charge in [-0.05, 0) is 42.3 Å². The van der Waals surface area contributed by atoms with Crippen LogP contribution < -0.4 is 4.90 Å². The Morgan fingerprint density at radius 3 is 2.68 bits per heavy atom. The summed E-state index contributed by atoms with van der Waals surface area (Å²) in [5, 5.41) is 10.5. The van der Waals surface area contributed by atoms with Crippen LogP contribution in [0.2, 0.25) is 5.02 Å². The third kappa shape index (κ3) is 4.24. The fourth-order valence-electron chi connectivity index (χ4n) is 2.69. The van der Waals surface area contributed by atoms with Crippen LogP contribution in [-0.2, 0) is 22.6 Å². The maximum Gasteiger partial charge on any atom is 0.307 e. The van der Waals surface area contributed by atoms with E-state index in [0.717, 1.165) is 26.7 Å². The number of hydrogen-bond acceptors (Lipinski definition) is 4. The molecule has 0 aromatic heterocycles. The smallest absolute Gasteiger partial charge is 0.307 e. The zero-order valence-corrected chi connectivity index (χ0v) is 15.1. The van der Waals surface area contributed by atoms with Crippen LogP contribution in [0.15, 0.2) is 58.5 Å². The van der Waals surface area contributed by atoms with Crippen LogP contribution in [0.25, 0.3) is 0 Å². The zero-order valence-electron chi connectivity index (χ0n) is 13.5. The van der Waals surface area contributed by atoms with E-state index in [2.05, 4.69) is 0 Å². The van der Waals surface area contributed by atoms with Crippen molar-refractivity contribution in [2.45, 2.75) is 24.8 Å². The van der Waals surface area contributed by atoms with Crippen molar-refractivity contribution in [3.05, 3.63) is 69.7 Å². The topological polar surface area (TPSA) is 57.6 Å². The van der Waals surface area contributed by atoms with Gasteiger partial charge in [-0.25, -0.2) is 0 Å². The molecule has 6 heteroatoms. The number of aliphatic carboxylic acids is 1. The first kappa shape index (κ1) is 17.6. The summed E-state index contributed by atoms with van der Waals surface area (Å²) < 4.78 is 0. The van der Waals surface area contributed by atoms with Crippen LogP contribution in [0.3, 0.4) is 0 Å². The van der Waals surface area contributed by atoms with Crippen molar-refractivity contribution in [1.29, 1.82) is 0 Å². The van der Waals surface area contributed by atoms with Gasteiger partial charge in [-0.15, -0.1) is 0 Å². The van der Waals surface area contributed by atoms with Gasteiger partial charge in [-0.2, -0.15) is 0 Å². The Kier molecular flexibility index (Phi) is 5.16. The molecule has 1 N–H and O–H groups in total. The molecule has 0 unspecified atom stereocenters. The number of halogens is 1. The van der Waals surface area contributed by atoms with E-state index in [1.807, 2.05) is 47.4 Å². The minimum atomic E-state index is -0.869. The molecule has 0 saturated heterocycles. The number of carbonyl (C=O) groups excluding carboxylic acids is 1. The van der Waals surface area contributed by atoms with Crippen molar-refractivity contribution in [3.63, 3.8) is 0 Å². The summed E-state index contributed by atoms with van der Waals surface area (Å²) in [7, 11) is 0. The van der Waals surface area contributed by atoms with E-state index in [1.54, 1.807) is 6.08 Å². The van der Waals surface area contributed by atoms with Crippen molar-refractivity contribution in [2.24, 2.45) is 0 Å². The SMILES string of the molecule is CC(=O)C=C1Sc2ccc(CC(=O)O)cc2N1Cc1cccc(Cl)c1. The van der Waals surface area contributed by atoms with Crippen molar-refractivity contribution >= 4 is 40.8 Å². The minimum absolute atomic E-state index is 0.0304. The number of carboxylic acids is 1. The Hall–Kier alpha value is -2.24. The highest BCUT2D eigenvalue weighted by atomic mass is 35.5. The number of rotatable bonds is 5. The van der Waals surface area contributed by atoms with E-state index in [9.17, 15) is 9.59 Å². The number of nitrogens with zero attached hydrogens (tertiary/aromatic N) is 1. The maximum atomic E-state index is 11.6. The van der Waals surface area contributed by atoms with Gasteiger partial charge < -0.3 is 10.0 Å². The molecule has 2 aromatic carbocycles. The fraction of sp³-hybridized carbons (Fsp3) is 0.158. The Morgan fingerprint density at radius 1 is 1.20 bits per heavy atom. The van der Waals surface area contributed by atoms with Gasteiger partial charge in [0.25, 0.3) is 0 Å². The first-order valence-corrected chi connectivity index (χ1v) is 8.88. The van der Waals surface area contributed by atoms with Crippen LogP contribution in [-0.4, -0.2) is 16.9 Å². The zero-order chi connectivity index (χ0) is 18.0. The molecule has 2 aromatic rings. The molecule has 4 nitrogen and oxygen atoms in total. The second-order valence-electron chi connectivity index (χ2n) is 5.78. The number of ketones is 1. The maximum absolute atomic E-state index is 11.6. The Morgan fingerprint density at radius 2 is 2.00 bits per heavy atom. The summed E-state index contributed by atoms with van der Waals surface area (Å²) in [5.41, 5.74) is 2.65. The van der Waals surface area contributed by atoms with Crippen molar-refractivity contribution in [1.82, 2.24) is 0 Å². The molecular formula is C19H16ClNO3S. The van der Waals surface area contributed by atoms with Gasteiger partial charge in [0.05, 0.1) is 17.1 Å². The van der Waals surface area contributed by atoms with Crippen molar-refractivity contribution in [2.75, 3.05) is 4.90 Å². The van der Waals surface area contributed by atoms with E-state index < -0.39 is 5.97 Å². The summed E-state index contributed by atoms with van der Waals surface area (Å²) in [6.07, 6.45) is 1.57. The molecule has 1 heterocycles. The average molecular weight is 374 g/mol. The van der Waals surface area contributed by atoms with Crippen LogP contribution in [0.4, 0.5) is 5.69 Å². The number of hydrogen-bond donors (Lipinski definition) is 1. The molecule has 1 aliphatic heterocycles. The quantitative estimate of drug-likeness (QED) is 0.781. The van der Waals surface area contributed by atoms with Gasteiger partial charge in [0.1, 0.15) is 0 Å². The molecular weight excluding hydrogens is 358 g/mol. The molecule has 0 saturated carbocycles. The Labute approximate surface area is 155 Å². The molecule has 128 valence electrons. The molecule has 0 fully saturated rings. The van der Waals surface area contributed by atoms with E-state index in [-0.39, 0.29) is 12.2 Å².